The number of likely N-dealkylation sites (tertiary alicyclic amines) is 1. The van der Waals surface area contributed by atoms with Crippen LogP contribution in [0.2, 0.25) is 0 Å². The number of nitrogens with zero attached hydrogens (tertiary/aromatic N) is 2. The second-order valence-electron chi connectivity index (χ2n) is 8.53. The molecule has 4 rings (SSSR count). The van der Waals surface area contributed by atoms with Crippen molar-refractivity contribution in [3.63, 3.8) is 0 Å². The van der Waals surface area contributed by atoms with Crippen molar-refractivity contribution >= 4 is 22.8 Å². The Labute approximate surface area is 176 Å². The van der Waals surface area contributed by atoms with Crippen molar-refractivity contribution in [2.24, 2.45) is 11.8 Å². The van der Waals surface area contributed by atoms with E-state index in [2.05, 4.69) is 29.1 Å². The molecule has 0 aliphatic carbocycles. The number of fused-ring (bicyclic) bond motifs is 1. The molecule has 0 unspecified atom stereocenters. The highest BCUT2D eigenvalue weighted by Crippen LogP contribution is 2.25. The van der Waals surface area contributed by atoms with Gasteiger partial charge in [-0.25, -0.2) is 4.98 Å². The molecule has 0 bridgehead atoms. The summed E-state index contributed by atoms with van der Waals surface area (Å²) >= 11 is 0. The van der Waals surface area contributed by atoms with Gasteiger partial charge in [-0.05, 0) is 30.5 Å². The molecule has 1 aliphatic rings. The Kier molecular flexibility index (Phi) is 5.57. The van der Waals surface area contributed by atoms with Crippen LogP contribution in [-0.4, -0.2) is 33.2 Å². The molecule has 2 amide bonds. The van der Waals surface area contributed by atoms with Crippen LogP contribution < -0.4 is 5.32 Å². The highest BCUT2D eigenvalue weighted by molar-refractivity contribution is 5.89. The number of para-hydroxylation sites is 2. The highest BCUT2D eigenvalue weighted by atomic mass is 16.2. The van der Waals surface area contributed by atoms with Crippen molar-refractivity contribution in [2.75, 3.05) is 6.54 Å². The van der Waals surface area contributed by atoms with Crippen LogP contribution in [0, 0.1) is 18.8 Å². The quantitative estimate of drug-likeness (QED) is 0.657. The van der Waals surface area contributed by atoms with E-state index >= 15 is 0 Å². The number of carbonyl (C=O) groups is 2. The zero-order valence-electron chi connectivity index (χ0n) is 17.7. The smallest absolute Gasteiger partial charge is 0.226 e. The lowest BCUT2D eigenvalue weighted by molar-refractivity contribution is -0.129. The summed E-state index contributed by atoms with van der Waals surface area (Å²) in [5.41, 5.74) is 4.10. The standard InChI is InChI=1S/C24H28N4O2/c1-15(2)22(23-25-19-6-4-5-7-20(19)26-23)27-24(30)18-12-21(29)28(14-18)13-17-10-8-16(3)9-11-17/h4-11,15,18,22H,12-14H2,1-3H3,(H,25,26)(H,27,30)/t18-,22-/m1/s1. The maximum absolute atomic E-state index is 13.0. The zero-order chi connectivity index (χ0) is 21.3. The average molecular weight is 405 g/mol. The number of hydrogen-bond acceptors (Lipinski definition) is 3. The minimum atomic E-state index is -0.339. The fraction of sp³-hybridized carbons (Fsp3) is 0.375. The molecule has 6 nitrogen and oxygen atoms in total. The van der Waals surface area contributed by atoms with Crippen molar-refractivity contribution in [3.8, 4) is 0 Å². The van der Waals surface area contributed by atoms with Crippen molar-refractivity contribution in [1.29, 1.82) is 0 Å². The van der Waals surface area contributed by atoms with Crippen LogP contribution in [0.1, 0.15) is 43.3 Å². The summed E-state index contributed by atoms with van der Waals surface area (Å²) < 4.78 is 0. The zero-order valence-corrected chi connectivity index (χ0v) is 17.7. The molecular weight excluding hydrogens is 376 g/mol. The molecule has 1 aromatic heterocycles. The van der Waals surface area contributed by atoms with Crippen LogP contribution >= 0.6 is 0 Å². The first-order valence-electron chi connectivity index (χ1n) is 10.5. The van der Waals surface area contributed by atoms with Crippen molar-refractivity contribution in [2.45, 2.75) is 39.8 Å². The third-order valence-corrected chi connectivity index (χ3v) is 5.75. The van der Waals surface area contributed by atoms with E-state index in [0.29, 0.717) is 13.1 Å². The molecule has 2 N–H and O–H groups in total. The minimum absolute atomic E-state index is 0.0283. The van der Waals surface area contributed by atoms with Gasteiger partial charge in [-0.2, -0.15) is 0 Å². The number of aromatic amines is 1. The lowest BCUT2D eigenvalue weighted by Crippen LogP contribution is -2.38. The van der Waals surface area contributed by atoms with Crippen LogP contribution in [0.4, 0.5) is 0 Å². The predicted molar refractivity (Wildman–Crippen MR) is 117 cm³/mol. The van der Waals surface area contributed by atoms with E-state index < -0.39 is 0 Å². The van der Waals surface area contributed by atoms with Gasteiger partial charge in [-0.1, -0.05) is 55.8 Å². The molecule has 3 aromatic rings. The topological polar surface area (TPSA) is 78.1 Å². The van der Waals surface area contributed by atoms with E-state index in [-0.39, 0.29) is 36.1 Å². The first kappa shape index (κ1) is 20.1. The van der Waals surface area contributed by atoms with Gasteiger partial charge in [0.15, 0.2) is 0 Å². The van der Waals surface area contributed by atoms with Gasteiger partial charge in [0.2, 0.25) is 11.8 Å². The molecule has 0 radical (unpaired) electrons. The second-order valence-corrected chi connectivity index (χ2v) is 8.53. The van der Waals surface area contributed by atoms with Gasteiger partial charge in [0.05, 0.1) is 23.0 Å². The number of benzene rings is 2. The van der Waals surface area contributed by atoms with E-state index in [4.69, 9.17) is 0 Å². The third kappa shape index (κ3) is 4.22. The van der Waals surface area contributed by atoms with Gasteiger partial charge < -0.3 is 15.2 Å². The highest BCUT2D eigenvalue weighted by Gasteiger charge is 2.35. The summed E-state index contributed by atoms with van der Waals surface area (Å²) in [4.78, 5) is 35.3. The van der Waals surface area contributed by atoms with Crippen LogP contribution in [0.15, 0.2) is 48.5 Å². The number of aromatic nitrogens is 2. The molecule has 6 heteroatoms. The van der Waals surface area contributed by atoms with Crippen molar-refractivity contribution in [1.82, 2.24) is 20.2 Å². The molecule has 2 atom stereocenters. The van der Waals surface area contributed by atoms with Gasteiger partial charge in [-0.15, -0.1) is 0 Å². The summed E-state index contributed by atoms with van der Waals surface area (Å²) in [6.45, 7) is 7.14. The third-order valence-electron chi connectivity index (χ3n) is 5.75. The lowest BCUT2D eigenvalue weighted by Gasteiger charge is -2.22. The van der Waals surface area contributed by atoms with E-state index in [1.54, 1.807) is 4.90 Å². The van der Waals surface area contributed by atoms with Crippen LogP contribution in [0.5, 0.6) is 0 Å². The maximum atomic E-state index is 13.0. The largest absolute Gasteiger partial charge is 0.346 e. The molecule has 2 aromatic carbocycles. The molecule has 1 saturated heterocycles. The number of imidazole rings is 1. The summed E-state index contributed by atoms with van der Waals surface area (Å²) in [6, 6.07) is 15.8. The average Bonchev–Trinajstić information content (AvgIpc) is 3.31. The molecule has 30 heavy (non-hydrogen) atoms. The monoisotopic (exact) mass is 404 g/mol. The Balaban J connectivity index is 1.44. The first-order valence-corrected chi connectivity index (χ1v) is 10.5. The molecular formula is C24H28N4O2. The van der Waals surface area contributed by atoms with E-state index in [1.165, 1.54) is 5.56 Å². The lowest BCUT2D eigenvalue weighted by atomic mass is 10.0. The van der Waals surface area contributed by atoms with Crippen molar-refractivity contribution in [3.05, 3.63) is 65.5 Å². The Morgan fingerprint density at radius 3 is 2.63 bits per heavy atom. The van der Waals surface area contributed by atoms with E-state index in [0.717, 1.165) is 22.4 Å². The van der Waals surface area contributed by atoms with Crippen molar-refractivity contribution < 1.29 is 9.59 Å². The normalized spacial score (nSPS) is 17.7. The molecule has 156 valence electrons. The number of hydrogen-bond donors (Lipinski definition) is 2. The predicted octanol–water partition coefficient (Wildman–Crippen LogP) is 3.73. The Morgan fingerprint density at radius 2 is 1.93 bits per heavy atom. The number of nitrogens with one attached hydrogen (secondary N) is 2. The Bertz CT molecular complexity index is 1020. The molecule has 0 spiro atoms. The summed E-state index contributed by atoms with van der Waals surface area (Å²) in [5.74, 6) is 0.513. The maximum Gasteiger partial charge on any atom is 0.226 e. The van der Waals surface area contributed by atoms with Gasteiger partial charge >= 0.3 is 0 Å². The minimum Gasteiger partial charge on any atom is -0.346 e. The van der Waals surface area contributed by atoms with Gasteiger partial charge in [0, 0.05) is 19.5 Å². The second kappa shape index (κ2) is 8.30. The van der Waals surface area contributed by atoms with Crippen LogP contribution in [-0.2, 0) is 16.1 Å². The summed E-state index contributed by atoms with van der Waals surface area (Å²) in [5, 5.41) is 3.14. The number of amides is 2. The van der Waals surface area contributed by atoms with Gasteiger partial charge in [-0.3, -0.25) is 9.59 Å². The van der Waals surface area contributed by atoms with E-state index in [1.807, 2.05) is 55.5 Å². The van der Waals surface area contributed by atoms with E-state index in [9.17, 15) is 9.59 Å². The summed E-state index contributed by atoms with van der Waals surface area (Å²) in [7, 11) is 0. The number of H-pyrrole nitrogens is 1. The SMILES string of the molecule is Cc1ccc(CN2C[C@H](C(=O)N[C@@H](c3nc4ccccc4[nH]3)C(C)C)CC2=O)cc1. The van der Waals surface area contributed by atoms with Crippen LogP contribution in [0.25, 0.3) is 11.0 Å². The Hall–Kier alpha value is -3.15. The van der Waals surface area contributed by atoms with Gasteiger partial charge in [0.25, 0.3) is 0 Å². The van der Waals surface area contributed by atoms with Crippen LogP contribution in [0.3, 0.4) is 0 Å². The molecule has 1 fully saturated rings. The number of aryl methyl sites for hydroxylation is 1. The van der Waals surface area contributed by atoms with Gasteiger partial charge in [0.1, 0.15) is 5.82 Å². The number of carbonyl (C=O) groups excluding carboxylic acids is 2. The number of rotatable bonds is 6. The first-order chi connectivity index (χ1) is 14.4. The molecule has 2 heterocycles. The fourth-order valence-corrected chi connectivity index (χ4v) is 3.96. The fourth-order valence-electron chi connectivity index (χ4n) is 3.96. The Morgan fingerprint density at radius 1 is 1.20 bits per heavy atom. The summed E-state index contributed by atoms with van der Waals surface area (Å²) in [6.07, 6.45) is 0.253. The molecule has 1 aliphatic heterocycles. The molecule has 0 saturated carbocycles.